The van der Waals surface area contributed by atoms with Crippen molar-refractivity contribution in [2.24, 2.45) is 0 Å². The van der Waals surface area contributed by atoms with Crippen molar-refractivity contribution in [2.75, 3.05) is 33.2 Å². The first kappa shape index (κ1) is 27.5. The monoisotopic (exact) mass is 595 g/mol. The number of rotatable bonds is 8. The maximum absolute atomic E-state index is 12.8. The molecule has 1 amide bonds. The molecule has 0 N–H and O–H groups in total. The van der Waals surface area contributed by atoms with Gasteiger partial charge >= 0.3 is 0 Å². The number of sulfonamides is 1. The van der Waals surface area contributed by atoms with Crippen LogP contribution in [-0.2, 0) is 27.8 Å². The zero-order valence-corrected chi connectivity index (χ0v) is 23.2. The summed E-state index contributed by atoms with van der Waals surface area (Å²) in [7, 11) is -1.56. The molecule has 1 aliphatic carbocycles. The zero-order chi connectivity index (χ0) is 23.4. The van der Waals surface area contributed by atoms with Crippen LogP contribution < -0.4 is 0 Å². The van der Waals surface area contributed by atoms with Crippen LogP contribution in [0.1, 0.15) is 50.2 Å². The SMILES string of the molecule is CN(C(=O)CCc1nc(CN2CCN(S(=O)(=O)c3ccc(Br)s3)CC2)no1)C1CCCCC1.Cl. The zero-order valence-electron chi connectivity index (χ0n) is 19.2. The van der Waals surface area contributed by atoms with E-state index in [1.807, 2.05) is 11.9 Å². The number of nitrogens with zero attached hydrogens (tertiary/aromatic N) is 5. The van der Waals surface area contributed by atoms with Crippen LogP contribution in [0.5, 0.6) is 0 Å². The molecule has 2 fully saturated rings. The van der Waals surface area contributed by atoms with Crippen LogP contribution >= 0.6 is 39.7 Å². The maximum atomic E-state index is 12.8. The molecule has 34 heavy (non-hydrogen) atoms. The Hall–Kier alpha value is -1.05. The average molecular weight is 597 g/mol. The molecule has 1 saturated carbocycles. The quantitative estimate of drug-likeness (QED) is 0.460. The summed E-state index contributed by atoms with van der Waals surface area (Å²) in [6, 6.07) is 3.74. The highest BCUT2D eigenvalue weighted by molar-refractivity contribution is 9.11. The second-order valence-electron chi connectivity index (χ2n) is 8.64. The lowest BCUT2D eigenvalue weighted by atomic mass is 9.94. The molecule has 4 rings (SSSR count). The van der Waals surface area contributed by atoms with Crippen LogP contribution in [0.25, 0.3) is 0 Å². The summed E-state index contributed by atoms with van der Waals surface area (Å²) in [5, 5.41) is 4.05. The van der Waals surface area contributed by atoms with Gasteiger partial charge in [0.2, 0.25) is 11.8 Å². The number of carbonyl (C=O) groups is 1. The van der Waals surface area contributed by atoms with Crippen molar-refractivity contribution in [1.82, 2.24) is 24.2 Å². The Morgan fingerprint density at radius 3 is 2.56 bits per heavy atom. The fourth-order valence-electron chi connectivity index (χ4n) is 4.41. The largest absolute Gasteiger partial charge is 0.343 e. The molecule has 190 valence electrons. The number of thiophene rings is 1. The van der Waals surface area contributed by atoms with E-state index in [-0.39, 0.29) is 18.3 Å². The van der Waals surface area contributed by atoms with Gasteiger partial charge in [-0.15, -0.1) is 23.7 Å². The van der Waals surface area contributed by atoms with Gasteiger partial charge in [0, 0.05) is 52.1 Å². The van der Waals surface area contributed by atoms with Crippen molar-refractivity contribution < 1.29 is 17.7 Å². The fraction of sp³-hybridized carbons (Fsp3) is 0.667. The molecule has 13 heteroatoms. The first-order valence-corrected chi connectivity index (χ1v) is 14.4. The van der Waals surface area contributed by atoms with E-state index in [1.165, 1.54) is 34.9 Å². The van der Waals surface area contributed by atoms with Gasteiger partial charge in [-0.05, 0) is 40.9 Å². The minimum Gasteiger partial charge on any atom is -0.343 e. The lowest BCUT2D eigenvalue weighted by Crippen LogP contribution is -2.48. The third-order valence-electron chi connectivity index (χ3n) is 6.42. The normalized spacial score (nSPS) is 18.5. The van der Waals surface area contributed by atoms with Gasteiger partial charge in [0.1, 0.15) is 4.21 Å². The van der Waals surface area contributed by atoms with Crippen LogP contribution in [0.15, 0.2) is 24.7 Å². The molecule has 2 aromatic heterocycles. The van der Waals surface area contributed by atoms with Gasteiger partial charge in [0.25, 0.3) is 10.0 Å². The Labute approximate surface area is 219 Å². The Bertz CT molecular complexity index is 1050. The molecule has 0 atom stereocenters. The number of carbonyl (C=O) groups excluding carboxylic acids is 1. The molecule has 3 heterocycles. The van der Waals surface area contributed by atoms with Crippen LogP contribution in [0.2, 0.25) is 0 Å². The summed E-state index contributed by atoms with van der Waals surface area (Å²) >= 11 is 4.55. The van der Waals surface area contributed by atoms with Gasteiger partial charge in [-0.1, -0.05) is 24.4 Å². The van der Waals surface area contributed by atoms with Gasteiger partial charge in [0.05, 0.1) is 10.3 Å². The van der Waals surface area contributed by atoms with Crippen molar-refractivity contribution in [3.63, 3.8) is 0 Å². The summed E-state index contributed by atoms with van der Waals surface area (Å²) in [4.78, 5) is 21.0. The number of aromatic nitrogens is 2. The predicted octanol–water partition coefficient (Wildman–Crippen LogP) is 3.55. The fourth-order valence-corrected chi connectivity index (χ4v) is 8.00. The molecule has 0 aromatic carbocycles. The third kappa shape index (κ3) is 6.79. The van der Waals surface area contributed by atoms with E-state index >= 15 is 0 Å². The smallest absolute Gasteiger partial charge is 0.252 e. The number of hydrogen-bond donors (Lipinski definition) is 0. The van der Waals surface area contributed by atoms with E-state index in [4.69, 9.17) is 4.52 Å². The summed E-state index contributed by atoms with van der Waals surface area (Å²) in [6.07, 6.45) is 6.64. The Balaban J connectivity index is 0.00000324. The van der Waals surface area contributed by atoms with E-state index < -0.39 is 10.0 Å². The van der Waals surface area contributed by atoms with E-state index in [9.17, 15) is 13.2 Å². The van der Waals surface area contributed by atoms with Crippen molar-refractivity contribution >= 4 is 55.6 Å². The molecular weight excluding hydrogens is 566 g/mol. The number of amides is 1. The van der Waals surface area contributed by atoms with E-state index in [1.54, 1.807) is 12.1 Å². The number of halogens is 2. The Morgan fingerprint density at radius 1 is 1.21 bits per heavy atom. The van der Waals surface area contributed by atoms with E-state index in [2.05, 4.69) is 31.0 Å². The van der Waals surface area contributed by atoms with Crippen molar-refractivity contribution in [3.8, 4) is 0 Å². The molecule has 0 spiro atoms. The van der Waals surface area contributed by atoms with Gasteiger partial charge in [-0.3, -0.25) is 9.69 Å². The van der Waals surface area contributed by atoms with Crippen LogP contribution in [0.3, 0.4) is 0 Å². The second-order valence-corrected chi connectivity index (χ2v) is 13.3. The molecule has 0 unspecified atom stereocenters. The predicted molar refractivity (Wildman–Crippen MR) is 136 cm³/mol. The summed E-state index contributed by atoms with van der Waals surface area (Å²) in [5.41, 5.74) is 0. The van der Waals surface area contributed by atoms with Gasteiger partial charge in [-0.2, -0.15) is 9.29 Å². The minimum atomic E-state index is -3.45. The summed E-state index contributed by atoms with van der Waals surface area (Å²) in [5.74, 6) is 1.16. The van der Waals surface area contributed by atoms with E-state index in [0.717, 1.165) is 16.6 Å². The average Bonchev–Trinajstić information content (AvgIpc) is 3.47. The van der Waals surface area contributed by atoms with Crippen LogP contribution in [0, 0.1) is 0 Å². The van der Waals surface area contributed by atoms with Gasteiger partial charge in [-0.25, -0.2) is 8.42 Å². The molecular formula is C21H31BrClN5O4S2. The van der Waals surface area contributed by atoms with Crippen molar-refractivity contribution in [2.45, 2.75) is 61.7 Å². The first-order chi connectivity index (χ1) is 15.8. The summed E-state index contributed by atoms with van der Waals surface area (Å²) < 4.78 is 33.6. The second kappa shape index (κ2) is 12.3. The topological polar surface area (TPSA) is 99.9 Å². The number of hydrogen-bond acceptors (Lipinski definition) is 8. The van der Waals surface area contributed by atoms with Crippen LogP contribution in [0.4, 0.5) is 0 Å². The molecule has 0 radical (unpaired) electrons. The Morgan fingerprint density at radius 2 is 1.91 bits per heavy atom. The number of piperazine rings is 1. The highest BCUT2D eigenvalue weighted by atomic mass is 79.9. The highest BCUT2D eigenvalue weighted by Crippen LogP contribution is 2.29. The first-order valence-electron chi connectivity index (χ1n) is 11.4. The molecule has 1 saturated heterocycles. The molecule has 0 bridgehead atoms. The molecule has 9 nitrogen and oxygen atoms in total. The van der Waals surface area contributed by atoms with E-state index in [0.29, 0.717) is 67.5 Å². The van der Waals surface area contributed by atoms with Crippen LogP contribution in [-0.4, -0.2) is 77.8 Å². The Kier molecular flexibility index (Phi) is 9.93. The van der Waals surface area contributed by atoms with Gasteiger partial charge in [0.15, 0.2) is 5.82 Å². The molecule has 1 aliphatic heterocycles. The summed E-state index contributed by atoms with van der Waals surface area (Å²) in [6.45, 7) is 2.54. The molecule has 2 aliphatic rings. The third-order valence-corrected chi connectivity index (χ3v) is 10.4. The number of aryl methyl sites for hydroxylation is 1. The van der Waals surface area contributed by atoms with Crippen molar-refractivity contribution in [1.29, 1.82) is 0 Å². The van der Waals surface area contributed by atoms with Gasteiger partial charge < -0.3 is 9.42 Å². The lowest BCUT2D eigenvalue weighted by molar-refractivity contribution is -0.132. The van der Waals surface area contributed by atoms with Crippen molar-refractivity contribution in [3.05, 3.63) is 27.6 Å². The molecule has 2 aromatic rings. The lowest BCUT2D eigenvalue weighted by Gasteiger charge is -2.32. The minimum absolute atomic E-state index is 0. The standard InChI is InChI=1S/C21H30BrN5O4S2.ClH/c1-25(16-5-3-2-4-6-16)20(28)9-8-19-23-18(24-31-19)15-26-11-13-27(14-12-26)33(29,30)21-10-7-17(22)32-21;/h7,10,16H,2-6,8-9,11-15H2,1H3;1H. The highest BCUT2D eigenvalue weighted by Gasteiger charge is 2.30. The maximum Gasteiger partial charge on any atom is 0.252 e.